The number of carbonyl (C=O) groups excluding carboxylic acids is 1. The van der Waals surface area contributed by atoms with Crippen molar-refractivity contribution in [2.75, 3.05) is 18.4 Å². The Balaban J connectivity index is 2.82. The lowest BCUT2D eigenvalue weighted by Gasteiger charge is -2.24. The van der Waals surface area contributed by atoms with Gasteiger partial charge in [-0.3, -0.25) is 0 Å². The van der Waals surface area contributed by atoms with Gasteiger partial charge in [0.2, 0.25) is 0 Å². The summed E-state index contributed by atoms with van der Waals surface area (Å²) in [5, 5.41) is 11.5. The molecule has 116 valence electrons. The molecule has 0 radical (unpaired) electrons. The van der Waals surface area contributed by atoms with Gasteiger partial charge in [0.1, 0.15) is 5.82 Å². The van der Waals surface area contributed by atoms with E-state index in [1.807, 2.05) is 6.92 Å². The zero-order chi connectivity index (χ0) is 16.0. The molecule has 0 aliphatic heterocycles. The van der Waals surface area contributed by atoms with Crippen molar-refractivity contribution in [1.82, 2.24) is 4.90 Å². The van der Waals surface area contributed by atoms with E-state index in [-0.39, 0.29) is 11.7 Å². The van der Waals surface area contributed by atoms with Crippen LogP contribution in [0.4, 0.5) is 14.9 Å². The number of hydrogen-bond donors (Lipinski definition) is 2. The number of carboxylic acids is 1. The summed E-state index contributed by atoms with van der Waals surface area (Å²) in [4.78, 5) is 24.6. The van der Waals surface area contributed by atoms with Gasteiger partial charge in [-0.15, -0.1) is 0 Å². The van der Waals surface area contributed by atoms with Gasteiger partial charge in [0.05, 0.1) is 5.56 Å². The number of benzene rings is 1. The van der Waals surface area contributed by atoms with Crippen LogP contribution >= 0.6 is 0 Å². The predicted octanol–water partition coefficient (Wildman–Crippen LogP) is 3.42. The molecule has 5 nitrogen and oxygen atoms in total. The van der Waals surface area contributed by atoms with Gasteiger partial charge in [-0.05, 0) is 31.0 Å². The minimum atomic E-state index is -1.37. The fourth-order valence-corrected chi connectivity index (χ4v) is 1.83. The standard InChI is InChI=1S/C15H21FN2O3/c1-4-10(3)9-18(5-2)15(21)17-11-6-7-13(16)12(8-11)14(19)20/h6-8,10H,4-5,9H2,1-3H3,(H,17,21)(H,19,20). The second-order valence-electron chi connectivity index (χ2n) is 4.98. The summed E-state index contributed by atoms with van der Waals surface area (Å²) in [6.07, 6.45) is 0.962. The molecule has 1 aromatic rings. The van der Waals surface area contributed by atoms with Crippen LogP contribution in [0, 0.1) is 11.7 Å². The Hall–Kier alpha value is -2.11. The number of rotatable bonds is 6. The van der Waals surface area contributed by atoms with E-state index in [0.717, 1.165) is 18.6 Å². The highest BCUT2D eigenvalue weighted by atomic mass is 19.1. The fourth-order valence-electron chi connectivity index (χ4n) is 1.83. The van der Waals surface area contributed by atoms with Crippen molar-refractivity contribution < 1.29 is 19.1 Å². The normalized spacial score (nSPS) is 11.8. The van der Waals surface area contributed by atoms with Crippen LogP contribution in [0.25, 0.3) is 0 Å². The molecule has 0 aliphatic rings. The molecule has 2 N–H and O–H groups in total. The number of hydrogen-bond acceptors (Lipinski definition) is 2. The number of anilines is 1. The summed E-state index contributed by atoms with van der Waals surface area (Å²) in [6.45, 7) is 7.14. The molecule has 0 fully saturated rings. The van der Waals surface area contributed by atoms with Crippen LogP contribution < -0.4 is 5.32 Å². The maximum atomic E-state index is 13.3. The number of nitrogens with one attached hydrogen (secondary N) is 1. The third-order valence-electron chi connectivity index (χ3n) is 3.35. The number of carboxylic acid groups (broad SMARTS) is 1. The van der Waals surface area contributed by atoms with Gasteiger partial charge in [-0.25, -0.2) is 14.0 Å². The molecule has 21 heavy (non-hydrogen) atoms. The molecule has 0 saturated carbocycles. The summed E-state index contributed by atoms with van der Waals surface area (Å²) in [7, 11) is 0. The first-order valence-corrected chi connectivity index (χ1v) is 6.97. The maximum Gasteiger partial charge on any atom is 0.338 e. The number of halogens is 1. The number of nitrogens with zero attached hydrogens (tertiary/aromatic N) is 1. The van der Waals surface area contributed by atoms with Gasteiger partial charge in [0, 0.05) is 18.8 Å². The SMILES string of the molecule is CCC(C)CN(CC)C(=O)Nc1ccc(F)c(C(=O)O)c1. The number of amides is 2. The highest BCUT2D eigenvalue weighted by Gasteiger charge is 2.16. The first-order valence-electron chi connectivity index (χ1n) is 6.97. The molecule has 0 heterocycles. The first-order chi connectivity index (χ1) is 9.88. The molecule has 1 aromatic carbocycles. The number of carbonyl (C=O) groups is 2. The topological polar surface area (TPSA) is 69.6 Å². The quantitative estimate of drug-likeness (QED) is 0.845. The van der Waals surface area contributed by atoms with Crippen LogP contribution in [0.15, 0.2) is 18.2 Å². The predicted molar refractivity (Wildman–Crippen MR) is 79.1 cm³/mol. The molecule has 0 aromatic heterocycles. The van der Waals surface area contributed by atoms with E-state index < -0.39 is 17.3 Å². The Morgan fingerprint density at radius 1 is 1.38 bits per heavy atom. The highest BCUT2D eigenvalue weighted by molar-refractivity contribution is 5.93. The molecule has 2 amide bonds. The van der Waals surface area contributed by atoms with Crippen molar-refractivity contribution in [3.63, 3.8) is 0 Å². The largest absolute Gasteiger partial charge is 0.478 e. The van der Waals surface area contributed by atoms with E-state index in [4.69, 9.17) is 5.11 Å². The van der Waals surface area contributed by atoms with Gasteiger partial charge in [-0.1, -0.05) is 20.3 Å². The summed E-state index contributed by atoms with van der Waals surface area (Å²) in [5.74, 6) is -1.82. The van der Waals surface area contributed by atoms with Crippen molar-refractivity contribution in [2.45, 2.75) is 27.2 Å². The molecule has 1 rings (SSSR count). The highest BCUT2D eigenvalue weighted by Crippen LogP contribution is 2.16. The molecule has 0 aliphatic carbocycles. The Kier molecular flexibility index (Phi) is 6.14. The third kappa shape index (κ3) is 4.73. The molecule has 6 heteroatoms. The van der Waals surface area contributed by atoms with E-state index in [0.29, 0.717) is 19.0 Å². The zero-order valence-corrected chi connectivity index (χ0v) is 12.5. The zero-order valence-electron chi connectivity index (χ0n) is 12.5. The monoisotopic (exact) mass is 296 g/mol. The van der Waals surface area contributed by atoms with Gasteiger partial charge in [0.15, 0.2) is 0 Å². The maximum absolute atomic E-state index is 13.3. The molecule has 1 unspecified atom stereocenters. The van der Waals surface area contributed by atoms with Crippen molar-refractivity contribution in [1.29, 1.82) is 0 Å². The van der Waals surface area contributed by atoms with Crippen LogP contribution in [0.2, 0.25) is 0 Å². The molecular formula is C15H21FN2O3. The second kappa shape index (κ2) is 7.61. The van der Waals surface area contributed by atoms with Crippen molar-refractivity contribution in [3.8, 4) is 0 Å². The van der Waals surface area contributed by atoms with Gasteiger partial charge >= 0.3 is 12.0 Å². The minimum Gasteiger partial charge on any atom is -0.478 e. The van der Waals surface area contributed by atoms with Gasteiger partial charge in [-0.2, -0.15) is 0 Å². The summed E-state index contributed by atoms with van der Waals surface area (Å²) in [5.41, 5.74) is -0.195. The van der Waals surface area contributed by atoms with E-state index in [9.17, 15) is 14.0 Å². The Labute approximate surface area is 123 Å². The smallest absolute Gasteiger partial charge is 0.338 e. The average molecular weight is 296 g/mol. The van der Waals surface area contributed by atoms with E-state index >= 15 is 0 Å². The Morgan fingerprint density at radius 3 is 2.57 bits per heavy atom. The third-order valence-corrected chi connectivity index (χ3v) is 3.35. The molecule has 0 saturated heterocycles. The van der Waals surface area contributed by atoms with Gasteiger partial charge < -0.3 is 15.3 Å². The number of aromatic carboxylic acids is 1. The van der Waals surface area contributed by atoms with E-state index in [2.05, 4.69) is 19.2 Å². The van der Waals surface area contributed by atoms with Crippen molar-refractivity contribution >= 4 is 17.7 Å². The average Bonchev–Trinajstić information content (AvgIpc) is 2.45. The second-order valence-corrected chi connectivity index (χ2v) is 4.98. The molecule has 1 atom stereocenters. The van der Waals surface area contributed by atoms with Crippen LogP contribution in [-0.4, -0.2) is 35.1 Å². The van der Waals surface area contributed by atoms with E-state index in [1.54, 1.807) is 4.90 Å². The Bertz CT molecular complexity index is 520. The summed E-state index contributed by atoms with van der Waals surface area (Å²) in [6, 6.07) is 3.17. The summed E-state index contributed by atoms with van der Waals surface area (Å²) >= 11 is 0. The van der Waals surface area contributed by atoms with Crippen LogP contribution in [-0.2, 0) is 0 Å². The lowest BCUT2D eigenvalue weighted by atomic mass is 10.1. The lowest BCUT2D eigenvalue weighted by molar-refractivity contribution is 0.0692. The van der Waals surface area contributed by atoms with Crippen LogP contribution in [0.3, 0.4) is 0 Å². The molecule has 0 spiro atoms. The summed E-state index contributed by atoms with van der Waals surface area (Å²) < 4.78 is 13.3. The lowest BCUT2D eigenvalue weighted by Crippen LogP contribution is -2.37. The van der Waals surface area contributed by atoms with Crippen LogP contribution in [0.5, 0.6) is 0 Å². The fraction of sp³-hybridized carbons (Fsp3) is 0.467. The molecular weight excluding hydrogens is 275 g/mol. The van der Waals surface area contributed by atoms with Crippen LogP contribution in [0.1, 0.15) is 37.6 Å². The van der Waals surface area contributed by atoms with Crippen molar-refractivity contribution in [2.24, 2.45) is 5.92 Å². The van der Waals surface area contributed by atoms with Gasteiger partial charge in [0.25, 0.3) is 0 Å². The molecule has 0 bridgehead atoms. The number of urea groups is 1. The van der Waals surface area contributed by atoms with E-state index in [1.165, 1.54) is 6.07 Å². The van der Waals surface area contributed by atoms with Crippen molar-refractivity contribution in [3.05, 3.63) is 29.6 Å². The first kappa shape index (κ1) is 16.9. The minimum absolute atomic E-state index is 0.265. The Morgan fingerprint density at radius 2 is 2.05 bits per heavy atom.